The molecule has 0 aromatic carbocycles. The molecule has 2 aliphatic rings. The maximum absolute atomic E-state index is 12.8. The fourth-order valence-electron chi connectivity index (χ4n) is 3.36. The standard InChI is InChI=1S/C19H27N5O5S2/c1-3-19(2)17(26)24(18(27)21-19)22-15(25)13-30-16-9-8-14(12-20-16)31(28,29)23-10-6-4-5-7-11-23/h8-9,12H,3-7,10-11,13H2,1-2H3,(H,21,27)(H,22,25). The molecule has 0 spiro atoms. The second-order valence-electron chi connectivity index (χ2n) is 7.73. The van der Waals surface area contributed by atoms with Crippen LogP contribution in [-0.2, 0) is 19.6 Å². The number of amides is 4. The molecule has 3 heterocycles. The molecule has 4 amide bonds. The highest BCUT2D eigenvalue weighted by Crippen LogP contribution is 2.23. The molecule has 0 bridgehead atoms. The molecule has 10 nitrogen and oxygen atoms in total. The summed E-state index contributed by atoms with van der Waals surface area (Å²) in [6.45, 7) is 4.39. The van der Waals surface area contributed by atoms with Crippen molar-refractivity contribution >= 4 is 39.6 Å². The number of nitrogens with one attached hydrogen (secondary N) is 2. The number of carbonyl (C=O) groups excluding carboxylic acids is 3. The summed E-state index contributed by atoms with van der Waals surface area (Å²) in [6, 6.07) is 2.36. The van der Waals surface area contributed by atoms with Crippen molar-refractivity contribution in [3.8, 4) is 0 Å². The Bertz CT molecular complexity index is 945. The molecule has 2 N–H and O–H groups in total. The third-order valence-electron chi connectivity index (χ3n) is 5.47. The minimum absolute atomic E-state index is 0.0921. The first-order valence-electron chi connectivity index (χ1n) is 10.2. The van der Waals surface area contributed by atoms with E-state index in [9.17, 15) is 22.8 Å². The van der Waals surface area contributed by atoms with Crippen LogP contribution in [-0.4, -0.2) is 64.9 Å². The topological polar surface area (TPSA) is 129 Å². The molecular weight excluding hydrogens is 442 g/mol. The Morgan fingerprint density at radius 3 is 2.45 bits per heavy atom. The minimum atomic E-state index is -3.58. The maximum Gasteiger partial charge on any atom is 0.344 e. The minimum Gasteiger partial charge on any atom is -0.322 e. The smallest absolute Gasteiger partial charge is 0.322 e. The van der Waals surface area contributed by atoms with E-state index < -0.39 is 33.4 Å². The number of rotatable bonds is 7. The van der Waals surface area contributed by atoms with Gasteiger partial charge in [-0.2, -0.15) is 9.31 Å². The van der Waals surface area contributed by atoms with Gasteiger partial charge in [-0.1, -0.05) is 31.5 Å². The van der Waals surface area contributed by atoms with Crippen LogP contribution in [0.2, 0.25) is 0 Å². The molecule has 1 aromatic heterocycles. The normalized spacial score (nSPS) is 22.8. The van der Waals surface area contributed by atoms with Crippen molar-refractivity contribution in [3.05, 3.63) is 18.3 Å². The summed E-state index contributed by atoms with van der Waals surface area (Å²) in [5.74, 6) is -1.15. The summed E-state index contributed by atoms with van der Waals surface area (Å²) in [6.07, 6.45) is 5.46. The van der Waals surface area contributed by atoms with Gasteiger partial charge in [-0.05, 0) is 38.3 Å². The first-order valence-corrected chi connectivity index (χ1v) is 12.6. The molecule has 2 fully saturated rings. The van der Waals surface area contributed by atoms with Crippen molar-refractivity contribution in [1.29, 1.82) is 0 Å². The lowest BCUT2D eigenvalue weighted by Crippen LogP contribution is -2.49. The average molecular weight is 470 g/mol. The summed E-state index contributed by atoms with van der Waals surface area (Å²) in [7, 11) is -3.58. The van der Waals surface area contributed by atoms with E-state index >= 15 is 0 Å². The van der Waals surface area contributed by atoms with Crippen LogP contribution in [0.5, 0.6) is 0 Å². The van der Waals surface area contributed by atoms with E-state index in [4.69, 9.17) is 0 Å². The number of nitrogens with zero attached hydrogens (tertiary/aromatic N) is 3. The molecule has 3 rings (SSSR count). The lowest BCUT2D eigenvalue weighted by Gasteiger charge is -2.19. The highest BCUT2D eigenvalue weighted by Gasteiger charge is 2.47. The van der Waals surface area contributed by atoms with Gasteiger partial charge < -0.3 is 5.32 Å². The summed E-state index contributed by atoms with van der Waals surface area (Å²) in [5.41, 5.74) is 1.27. The predicted octanol–water partition coefficient (Wildman–Crippen LogP) is 1.49. The molecule has 0 radical (unpaired) electrons. The molecule has 0 aliphatic carbocycles. The molecule has 31 heavy (non-hydrogen) atoms. The Hall–Kier alpha value is -2.18. The van der Waals surface area contributed by atoms with Crippen LogP contribution in [0.15, 0.2) is 28.3 Å². The fraction of sp³-hybridized carbons (Fsp3) is 0.579. The van der Waals surface area contributed by atoms with Crippen molar-refractivity contribution in [2.45, 2.75) is 61.4 Å². The van der Waals surface area contributed by atoms with Gasteiger partial charge in [-0.15, -0.1) is 0 Å². The van der Waals surface area contributed by atoms with Gasteiger partial charge in [0.25, 0.3) is 5.91 Å². The quantitative estimate of drug-likeness (QED) is 0.457. The van der Waals surface area contributed by atoms with Gasteiger partial charge in [0.15, 0.2) is 0 Å². The number of aromatic nitrogens is 1. The summed E-state index contributed by atoms with van der Waals surface area (Å²) >= 11 is 1.08. The second kappa shape index (κ2) is 9.53. The van der Waals surface area contributed by atoms with Crippen molar-refractivity contribution in [2.75, 3.05) is 18.8 Å². The van der Waals surface area contributed by atoms with Gasteiger partial charge in [0, 0.05) is 19.3 Å². The highest BCUT2D eigenvalue weighted by atomic mass is 32.2. The third-order valence-corrected chi connectivity index (χ3v) is 8.29. The molecule has 2 saturated heterocycles. The van der Waals surface area contributed by atoms with Crippen LogP contribution in [0.1, 0.15) is 46.0 Å². The maximum atomic E-state index is 12.8. The Morgan fingerprint density at radius 1 is 1.23 bits per heavy atom. The molecule has 2 aliphatic heterocycles. The van der Waals surface area contributed by atoms with Crippen molar-refractivity contribution in [2.24, 2.45) is 0 Å². The van der Waals surface area contributed by atoms with Crippen LogP contribution < -0.4 is 10.7 Å². The lowest BCUT2D eigenvalue weighted by atomic mass is 10.00. The van der Waals surface area contributed by atoms with Crippen LogP contribution in [0.4, 0.5) is 4.79 Å². The zero-order chi connectivity index (χ0) is 22.6. The number of hydrogen-bond acceptors (Lipinski definition) is 7. The van der Waals surface area contributed by atoms with E-state index in [-0.39, 0.29) is 10.6 Å². The number of thioether (sulfide) groups is 1. The average Bonchev–Trinajstić information content (AvgIpc) is 2.96. The second-order valence-corrected chi connectivity index (χ2v) is 10.7. The molecule has 12 heteroatoms. The highest BCUT2D eigenvalue weighted by molar-refractivity contribution is 7.99. The SMILES string of the molecule is CCC1(C)NC(=O)N(NC(=O)CSc2ccc(S(=O)(=O)N3CCCCCC3)cn2)C1=O. The lowest BCUT2D eigenvalue weighted by molar-refractivity contribution is -0.137. The van der Waals surface area contributed by atoms with E-state index in [0.717, 1.165) is 37.4 Å². The van der Waals surface area contributed by atoms with E-state index in [0.29, 0.717) is 29.5 Å². The summed E-state index contributed by atoms with van der Waals surface area (Å²) < 4.78 is 27.1. The largest absolute Gasteiger partial charge is 0.344 e. The molecule has 170 valence electrons. The Morgan fingerprint density at radius 2 is 1.90 bits per heavy atom. The third kappa shape index (κ3) is 5.18. The van der Waals surface area contributed by atoms with Crippen molar-refractivity contribution in [3.63, 3.8) is 0 Å². The number of hydrogen-bond donors (Lipinski definition) is 2. The fourth-order valence-corrected chi connectivity index (χ4v) is 5.46. The first-order chi connectivity index (χ1) is 14.7. The molecule has 1 atom stereocenters. The van der Waals surface area contributed by atoms with Crippen molar-refractivity contribution < 1.29 is 22.8 Å². The van der Waals surface area contributed by atoms with Crippen LogP contribution >= 0.6 is 11.8 Å². The van der Waals surface area contributed by atoms with Crippen LogP contribution in [0.25, 0.3) is 0 Å². The van der Waals surface area contributed by atoms with E-state index in [1.165, 1.54) is 16.6 Å². The predicted molar refractivity (Wildman–Crippen MR) is 114 cm³/mol. The van der Waals surface area contributed by atoms with Gasteiger partial charge >= 0.3 is 6.03 Å². The Kier molecular flexibility index (Phi) is 7.22. The number of urea groups is 1. The Balaban J connectivity index is 1.56. The number of carbonyl (C=O) groups is 3. The van der Waals surface area contributed by atoms with Gasteiger partial charge in [-0.3, -0.25) is 15.0 Å². The van der Waals surface area contributed by atoms with Crippen LogP contribution in [0, 0.1) is 0 Å². The monoisotopic (exact) mass is 469 g/mol. The molecule has 1 unspecified atom stereocenters. The zero-order valence-electron chi connectivity index (χ0n) is 17.6. The number of sulfonamides is 1. The van der Waals surface area contributed by atoms with Crippen molar-refractivity contribution in [1.82, 2.24) is 25.0 Å². The molecule has 0 saturated carbocycles. The van der Waals surface area contributed by atoms with Gasteiger partial charge in [0.2, 0.25) is 15.9 Å². The van der Waals surface area contributed by atoms with Crippen LogP contribution in [0.3, 0.4) is 0 Å². The number of hydrazine groups is 1. The summed E-state index contributed by atoms with van der Waals surface area (Å²) in [5, 5.41) is 3.70. The van der Waals surface area contributed by atoms with E-state index in [1.807, 2.05) is 0 Å². The van der Waals surface area contributed by atoms with E-state index in [1.54, 1.807) is 19.9 Å². The van der Waals surface area contributed by atoms with Gasteiger partial charge in [0.05, 0.1) is 10.8 Å². The zero-order valence-corrected chi connectivity index (χ0v) is 19.2. The Labute approximate surface area is 186 Å². The van der Waals surface area contributed by atoms with Gasteiger partial charge in [0.1, 0.15) is 10.4 Å². The number of imide groups is 1. The molecular formula is C19H27N5O5S2. The molecule has 1 aromatic rings. The first kappa shape index (κ1) is 23.5. The van der Waals surface area contributed by atoms with Gasteiger partial charge in [-0.25, -0.2) is 18.2 Å². The van der Waals surface area contributed by atoms with E-state index in [2.05, 4.69) is 15.7 Å². The summed E-state index contributed by atoms with van der Waals surface area (Å²) in [4.78, 5) is 40.7. The number of pyridine rings is 1.